The minimum absolute atomic E-state index is 0.0410. The number of carbonyl (C=O) groups is 1. The van der Waals surface area contributed by atoms with Crippen molar-refractivity contribution in [3.05, 3.63) is 33.5 Å². The Bertz CT molecular complexity index is 696. The molecule has 0 aliphatic carbocycles. The summed E-state index contributed by atoms with van der Waals surface area (Å²) in [5.74, 6) is 2.06. The standard InChI is InChI=1S/C15H18N4O2S/c1-8-3-4-22-13(8)15(20)19-6-10-5-11(21-12(10)7-19)14-16-9(2)17-18-14/h3-4,10-12H,5-7H2,1-2H3,(H,16,17,18)/t10-,11+,12+/m1/s1. The molecule has 2 aromatic heterocycles. The molecule has 2 aliphatic heterocycles. The van der Waals surface area contributed by atoms with Gasteiger partial charge in [0.1, 0.15) is 11.9 Å². The van der Waals surface area contributed by atoms with Crippen molar-refractivity contribution >= 4 is 17.2 Å². The molecule has 0 aromatic carbocycles. The van der Waals surface area contributed by atoms with Gasteiger partial charge in [-0.25, -0.2) is 4.98 Å². The molecule has 0 unspecified atom stereocenters. The van der Waals surface area contributed by atoms with E-state index in [2.05, 4.69) is 15.2 Å². The SMILES string of the molecule is Cc1nc([C@@H]2C[C@@H]3CN(C(=O)c4sccc4C)C[C@@H]3O2)n[nH]1. The maximum atomic E-state index is 12.6. The molecule has 4 rings (SSSR count). The molecule has 1 amide bonds. The molecule has 0 radical (unpaired) electrons. The van der Waals surface area contributed by atoms with Crippen LogP contribution in [0.4, 0.5) is 0 Å². The molecule has 2 aliphatic rings. The van der Waals surface area contributed by atoms with Gasteiger partial charge in [0.05, 0.1) is 11.0 Å². The van der Waals surface area contributed by atoms with Crippen LogP contribution in [0, 0.1) is 19.8 Å². The number of rotatable bonds is 2. The van der Waals surface area contributed by atoms with Gasteiger partial charge in [-0.2, -0.15) is 5.10 Å². The monoisotopic (exact) mass is 318 g/mol. The lowest BCUT2D eigenvalue weighted by molar-refractivity contribution is 0.0317. The van der Waals surface area contributed by atoms with Gasteiger partial charge in [-0.05, 0) is 37.3 Å². The molecule has 1 N–H and O–H groups in total. The second kappa shape index (κ2) is 5.17. The Hall–Kier alpha value is -1.73. The summed E-state index contributed by atoms with van der Waals surface area (Å²) >= 11 is 1.52. The lowest BCUT2D eigenvalue weighted by atomic mass is 10.0. The number of amides is 1. The number of H-pyrrole nitrogens is 1. The molecule has 7 heteroatoms. The fourth-order valence-corrected chi connectivity index (χ4v) is 4.23. The number of carbonyl (C=O) groups excluding carboxylic acids is 1. The van der Waals surface area contributed by atoms with Crippen molar-refractivity contribution in [3.8, 4) is 0 Å². The third kappa shape index (κ3) is 2.24. The van der Waals surface area contributed by atoms with Crippen molar-refractivity contribution in [2.45, 2.75) is 32.5 Å². The maximum absolute atomic E-state index is 12.6. The topological polar surface area (TPSA) is 71.1 Å². The third-order valence-electron chi connectivity index (χ3n) is 4.48. The van der Waals surface area contributed by atoms with Gasteiger partial charge in [-0.15, -0.1) is 11.3 Å². The Morgan fingerprint density at radius 3 is 2.95 bits per heavy atom. The van der Waals surface area contributed by atoms with Gasteiger partial charge in [-0.3, -0.25) is 9.89 Å². The van der Waals surface area contributed by atoms with Crippen LogP contribution in [0.5, 0.6) is 0 Å². The first-order chi connectivity index (χ1) is 10.6. The number of aryl methyl sites for hydroxylation is 2. The average Bonchev–Trinajstić information content (AvgIpc) is 3.19. The van der Waals surface area contributed by atoms with E-state index >= 15 is 0 Å². The van der Waals surface area contributed by atoms with Crippen LogP contribution in [0.1, 0.15) is 39.4 Å². The molecule has 2 saturated heterocycles. The minimum Gasteiger partial charge on any atom is -0.365 e. The number of fused-ring (bicyclic) bond motifs is 1. The third-order valence-corrected chi connectivity index (χ3v) is 5.49. The first-order valence-corrected chi connectivity index (χ1v) is 8.37. The number of hydrogen-bond acceptors (Lipinski definition) is 5. The average molecular weight is 318 g/mol. The molecule has 0 saturated carbocycles. The highest BCUT2D eigenvalue weighted by atomic mass is 32.1. The number of hydrogen-bond donors (Lipinski definition) is 1. The van der Waals surface area contributed by atoms with E-state index in [0.29, 0.717) is 12.5 Å². The number of ether oxygens (including phenoxy) is 1. The van der Waals surface area contributed by atoms with Gasteiger partial charge in [-0.1, -0.05) is 0 Å². The van der Waals surface area contributed by atoms with Crippen molar-refractivity contribution in [1.29, 1.82) is 0 Å². The Labute approximate surface area is 132 Å². The highest BCUT2D eigenvalue weighted by molar-refractivity contribution is 7.12. The van der Waals surface area contributed by atoms with E-state index in [0.717, 1.165) is 35.1 Å². The van der Waals surface area contributed by atoms with Crippen LogP contribution in [-0.2, 0) is 4.74 Å². The molecule has 0 bridgehead atoms. The van der Waals surface area contributed by atoms with E-state index in [1.54, 1.807) is 0 Å². The molecule has 3 atom stereocenters. The van der Waals surface area contributed by atoms with Crippen LogP contribution in [0.15, 0.2) is 11.4 Å². The first kappa shape index (κ1) is 13.9. The van der Waals surface area contributed by atoms with Gasteiger partial charge in [0, 0.05) is 19.0 Å². The lowest BCUT2D eigenvalue weighted by Gasteiger charge is -2.18. The molecule has 2 aromatic rings. The van der Waals surface area contributed by atoms with Crippen molar-refractivity contribution in [3.63, 3.8) is 0 Å². The minimum atomic E-state index is -0.0410. The molecular formula is C15H18N4O2S. The van der Waals surface area contributed by atoms with Crippen LogP contribution >= 0.6 is 11.3 Å². The number of nitrogens with one attached hydrogen (secondary N) is 1. The maximum Gasteiger partial charge on any atom is 0.264 e. The summed E-state index contributed by atoms with van der Waals surface area (Å²) in [7, 11) is 0. The molecule has 2 fully saturated rings. The number of aromatic amines is 1. The zero-order valence-corrected chi connectivity index (χ0v) is 13.4. The Kier molecular flexibility index (Phi) is 3.27. The van der Waals surface area contributed by atoms with E-state index in [9.17, 15) is 4.79 Å². The van der Waals surface area contributed by atoms with E-state index in [1.807, 2.05) is 30.2 Å². The van der Waals surface area contributed by atoms with Gasteiger partial charge in [0.15, 0.2) is 5.82 Å². The summed E-state index contributed by atoms with van der Waals surface area (Å²) in [5, 5.41) is 9.02. The summed E-state index contributed by atoms with van der Waals surface area (Å²) < 4.78 is 6.08. The van der Waals surface area contributed by atoms with Crippen molar-refractivity contribution in [2.24, 2.45) is 5.92 Å². The summed E-state index contributed by atoms with van der Waals surface area (Å²) in [6.45, 7) is 5.30. The predicted octanol–water partition coefficient (Wildman–Crippen LogP) is 2.09. The normalized spacial score (nSPS) is 27.4. The quantitative estimate of drug-likeness (QED) is 0.920. The highest BCUT2D eigenvalue weighted by Gasteiger charge is 2.45. The Morgan fingerprint density at radius 2 is 2.32 bits per heavy atom. The van der Waals surface area contributed by atoms with Crippen molar-refractivity contribution in [2.75, 3.05) is 13.1 Å². The van der Waals surface area contributed by atoms with Gasteiger partial charge in [0.25, 0.3) is 5.91 Å². The zero-order valence-electron chi connectivity index (χ0n) is 12.6. The second-order valence-electron chi connectivity index (χ2n) is 6.08. The summed E-state index contributed by atoms with van der Waals surface area (Å²) in [4.78, 5) is 19.7. The molecule has 22 heavy (non-hydrogen) atoms. The second-order valence-corrected chi connectivity index (χ2v) is 7.00. The van der Waals surface area contributed by atoms with Crippen LogP contribution in [0.3, 0.4) is 0 Å². The van der Waals surface area contributed by atoms with E-state index in [-0.39, 0.29) is 18.1 Å². The number of likely N-dealkylation sites (tertiary alicyclic amines) is 1. The number of nitrogens with zero attached hydrogens (tertiary/aromatic N) is 3. The summed E-state index contributed by atoms with van der Waals surface area (Å²) in [6.07, 6.45) is 0.948. The molecule has 0 spiro atoms. The van der Waals surface area contributed by atoms with Crippen molar-refractivity contribution < 1.29 is 9.53 Å². The predicted molar refractivity (Wildman–Crippen MR) is 81.8 cm³/mol. The summed E-state index contributed by atoms with van der Waals surface area (Å²) in [6, 6.07) is 1.99. The van der Waals surface area contributed by atoms with Crippen LogP contribution < -0.4 is 0 Å². The fourth-order valence-electron chi connectivity index (χ4n) is 3.33. The van der Waals surface area contributed by atoms with E-state index in [1.165, 1.54) is 11.3 Å². The van der Waals surface area contributed by atoms with Crippen LogP contribution in [0.25, 0.3) is 0 Å². The van der Waals surface area contributed by atoms with Crippen molar-refractivity contribution in [1.82, 2.24) is 20.1 Å². The largest absolute Gasteiger partial charge is 0.365 e. The summed E-state index contributed by atoms with van der Waals surface area (Å²) in [5.41, 5.74) is 1.06. The molecule has 4 heterocycles. The van der Waals surface area contributed by atoms with Crippen LogP contribution in [-0.4, -0.2) is 45.2 Å². The van der Waals surface area contributed by atoms with Crippen LogP contribution in [0.2, 0.25) is 0 Å². The van der Waals surface area contributed by atoms with E-state index in [4.69, 9.17) is 4.74 Å². The lowest BCUT2D eigenvalue weighted by Crippen LogP contribution is -2.30. The smallest absolute Gasteiger partial charge is 0.264 e. The molecular weight excluding hydrogens is 300 g/mol. The number of thiophene rings is 1. The zero-order chi connectivity index (χ0) is 15.3. The van der Waals surface area contributed by atoms with Gasteiger partial charge < -0.3 is 9.64 Å². The van der Waals surface area contributed by atoms with Gasteiger partial charge in [0.2, 0.25) is 0 Å². The molecule has 6 nitrogen and oxygen atoms in total. The van der Waals surface area contributed by atoms with E-state index < -0.39 is 0 Å². The molecule has 116 valence electrons. The first-order valence-electron chi connectivity index (χ1n) is 7.49. The van der Waals surface area contributed by atoms with Gasteiger partial charge >= 0.3 is 0 Å². The Balaban J connectivity index is 1.43. The highest BCUT2D eigenvalue weighted by Crippen LogP contribution is 2.40. The Morgan fingerprint density at radius 1 is 1.45 bits per heavy atom. The fraction of sp³-hybridized carbons (Fsp3) is 0.533. The number of aromatic nitrogens is 3.